The van der Waals surface area contributed by atoms with Crippen molar-refractivity contribution < 1.29 is 4.79 Å². The van der Waals surface area contributed by atoms with E-state index in [0.29, 0.717) is 5.75 Å². The monoisotopic (exact) mass is 412 g/mol. The Bertz CT molecular complexity index is 906. The van der Waals surface area contributed by atoms with Crippen LogP contribution in [0.15, 0.2) is 76.3 Å². The summed E-state index contributed by atoms with van der Waals surface area (Å²) in [4.78, 5) is 11.9. The van der Waals surface area contributed by atoms with Gasteiger partial charge in [-0.1, -0.05) is 70.5 Å². The van der Waals surface area contributed by atoms with E-state index in [-0.39, 0.29) is 5.91 Å². The van der Waals surface area contributed by atoms with E-state index >= 15 is 0 Å². The molecule has 5 heteroatoms. The van der Waals surface area contributed by atoms with E-state index in [0.717, 1.165) is 26.6 Å². The Morgan fingerprint density at radius 3 is 2.76 bits per heavy atom. The van der Waals surface area contributed by atoms with E-state index in [9.17, 15) is 4.79 Å². The number of halogens is 1. The van der Waals surface area contributed by atoms with Crippen molar-refractivity contribution in [3.05, 3.63) is 82.3 Å². The molecule has 0 bridgehead atoms. The number of benzene rings is 3. The van der Waals surface area contributed by atoms with Crippen molar-refractivity contribution in [1.82, 2.24) is 5.43 Å². The summed E-state index contributed by atoms with van der Waals surface area (Å²) in [5.41, 5.74) is 4.77. The Morgan fingerprint density at radius 1 is 1.08 bits per heavy atom. The number of fused-ring (bicyclic) bond motifs is 1. The van der Waals surface area contributed by atoms with Crippen LogP contribution in [0.5, 0.6) is 0 Å². The minimum Gasteiger partial charge on any atom is -0.272 e. The van der Waals surface area contributed by atoms with Crippen molar-refractivity contribution in [2.24, 2.45) is 5.10 Å². The van der Waals surface area contributed by atoms with Gasteiger partial charge < -0.3 is 0 Å². The SMILES string of the molecule is O=C(CSCc1cccc(Br)c1)N/N=C/c1cccc2ccccc12. The molecule has 0 radical (unpaired) electrons. The van der Waals surface area contributed by atoms with Crippen LogP contribution in [0.4, 0.5) is 0 Å². The van der Waals surface area contributed by atoms with Crippen LogP contribution in [-0.4, -0.2) is 17.9 Å². The summed E-state index contributed by atoms with van der Waals surface area (Å²) in [5.74, 6) is 1.07. The second-order valence-electron chi connectivity index (χ2n) is 5.48. The number of thioether (sulfide) groups is 1. The van der Waals surface area contributed by atoms with Gasteiger partial charge in [-0.15, -0.1) is 11.8 Å². The molecule has 0 heterocycles. The zero-order valence-electron chi connectivity index (χ0n) is 13.5. The number of nitrogens with zero attached hydrogens (tertiary/aromatic N) is 1. The lowest BCUT2D eigenvalue weighted by molar-refractivity contribution is -0.118. The quantitative estimate of drug-likeness (QED) is 0.457. The second kappa shape index (κ2) is 8.83. The smallest absolute Gasteiger partial charge is 0.250 e. The first-order valence-corrected chi connectivity index (χ1v) is 9.79. The zero-order valence-corrected chi connectivity index (χ0v) is 15.9. The number of rotatable bonds is 6. The number of amides is 1. The second-order valence-corrected chi connectivity index (χ2v) is 7.39. The highest BCUT2D eigenvalue weighted by molar-refractivity contribution is 9.10. The van der Waals surface area contributed by atoms with Gasteiger partial charge in [0.05, 0.1) is 12.0 Å². The maximum absolute atomic E-state index is 11.9. The van der Waals surface area contributed by atoms with Crippen molar-refractivity contribution in [2.45, 2.75) is 5.75 Å². The Hall–Kier alpha value is -2.11. The largest absolute Gasteiger partial charge is 0.272 e. The summed E-state index contributed by atoms with van der Waals surface area (Å²) in [6, 6.07) is 22.2. The molecule has 3 aromatic carbocycles. The first-order valence-electron chi connectivity index (χ1n) is 7.84. The van der Waals surface area contributed by atoms with Gasteiger partial charge in [0.2, 0.25) is 5.91 Å². The number of carbonyl (C=O) groups is 1. The lowest BCUT2D eigenvalue weighted by atomic mass is 10.1. The van der Waals surface area contributed by atoms with Crippen molar-refractivity contribution in [2.75, 3.05) is 5.75 Å². The van der Waals surface area contributed by atoms with Crippen LogP contribution in [-0.2, 0) is 10.5 Å². The van der Waals surface area contributed by atoms with Crippen LogP contribution in [0.1, 0.15) is 11.1 Å². The Balaban J connectivity index is 1.51. The van der Waals surface area contributed by atoms with Gasteiger partial charge in [-0.3, -0.25) is 4.79 Å². The van der Waals surface area contributed by atoms with E-state index in [1.807, 2.05) is 48.5 Å². The molecular formula is C20H17BrN2OS. The van der Waals surface area contributed by atoms with Crippen molar-refractivity contribution in [3.63, 3.8) is 0 Å². The molecule has 0 saturated heterocycles. The van der Waals surface area contributed by atoms with Gasteiger partial charge in [0.1, 0.15) is 0 Å². The summed E-state index contributed by atoms with van der Waals surface area (Å²) >= 11 is 5.01. The molecule has 0 aliphatic heterocycles. The van der Waals surface area contributed by atoms with Crippen LogP contribution >= 0.6 is 27.7 Å². The highest BCUT2D eigenvalue weighted by Crippen LogP contribution is 2.17. The normalized spacial score (nSPS) is 11.1. The molecular weight excluding hydrogens is 396 g/mol. The Morgan fingerprint density at radius 2 is 1.88 bits per heavy atom. The zero-order chi connectivity index (χ0) is 17.5. The van der Waals surface area contributed by atoms with Gasteiger partial charge in [0.25, 0.3) is 0 Å². The van der Waals surface area contributed by atoms with Crippen molar-refractivity contribution in [3.8, 4) is 0 Å². The van der Waals surface area contributed by atoms with Crippen LogP contribution < -0.4 is 5.43 Å². The van der Waals surface area contributed by atoms with Gasteiger partial charge in [-0.2, -0.15) is 5.10 Å². The Kier molecular flexibility index (Phi) is 6.25. The molecule has 3 nitrogen and oxygen atoms in total. The van der Waals surface area contributed by atoms with Gasteiger partial charge >= 0.3 is 0 Å². The fraction of sp³-hybridized carbons (Fsp3) is 0.100. The van der Waals surface area contributed by atoms with Crippen molar-refractivity contribution >= 4 is 50.6 Å². The van der Waals surface area contributed by atoms with Crippen LogP contribution in [0, 0.1) is 0 Å². The molecule has 0 aliphatic carbocycles. The van der Waals surface area contributed by atoms with E-state index in [1.54, 1.807) is 18.0 Å². The average molecular weight is 413 g/mol. The van der Waals surface area contributed by atoms with E-state index < -0.39 is 0 Å². The maximum atomic E-state index is 11.9. The third kappa shape index (κ3) is 5.18. The summed E-state index contributed by atoms with van der Waals surface area (Å²) < 4.78 is 1.05. The molecule has 3 rings (SSSR count). The summed E-state index contributed by atoms with van der Waals surface area (Å²) in [5, 5.41) is 6.36. The molecule has 1 amide bonds. The summed E-state index contributed by atoms with van der Waals surface area (Å²) in [6.07, 6.45) is 1.69. The minimum atomic E-state index is -0.100. The molecule has 126 valence electrons. The number of hydrazone groups is 1. The molecule has 0 unspecified atom stereocenters. The molecule has 0 spiro atoms. The number of hydrogen-bond donors (Lipinski definition) is 1. The third-order valence-electron chi connectivity index (χ3n) is 3.61. The van der Waals surface area contributed by atoms with Gasteiger partial charge in [-0.05, 0) is 28.5 Å². The first kappa shape index (κ1) is 17.7. The highest BCUT2D eigenvalue weighted by Gasteiger charge is 2.02. The standard InChI is InChI=1S/C20H17BrN2OS/c21-18-9-3-5-15(11-18)13-25-14-20(24)23-22-12-17-8-4-7-16-6-1-2-10-19(16)17/h1-12H,13-14H2,(H,23,24)/b22-12+. The molecule has 3 aromatic rings. The number of hydrogen-bond acceptors (Lipinski definition) is 3. The lowest BCUT2D eigenvalue weighted by Crippen LogP contribution is -2.19. The molecule has 0 aliphatic rings. The van der Waals surface area contributed by atoms with E-state index in [4.69, 9.17) is 0 Å². The minimum absolute atomic E-state index is 0.100. The fourth-order valence-electron chi connectivity index (χ4n) is 2.46. The summed E-state index contributed by atoms with van der Waals surface area (Å²) in [6.45, 7) is 0. The number of carbonyl (C=O) groups excluding carboxylic acids is 1. The average Bonchev–Trinajstić information content (AvgIpc) is 2.62. The lowest BCUT2D eigenvalue weighted by Gasteiger charge is -2.03. The van der Waals surface area contributed by atoms with Crippen LogP contribution in [0.25, 0.3) is 10.8 Å². The van der Waals surface area contributed by atoms with Gasteiger partial charge in [0, 0.05) is 15.8 Å². The third-order valence-corrected chi connectivity index (χ3v) is 5.10. The first-order chi connectivity index (χ1) is 12.2. The van der Waals surface area contributed by atoms with Crippen LogP contribution in [0.3, 0.4) is 0 Å². The predicted molar refractivity (Wildman–Crippen MR) is 110 cm³/mol. The number of nitrogens with one attached hydrogen (secondary N) is 1. The Labute approximate surface area is 159 Å². The molecule has 0 fully saturated rings. The molecule has 1 N–H and O–H groups in total. The maximum Gasteiger partial charge on any atom is 0.250 e. The summed E-state index contributed by atoms with van der Waals surface area (Å²) in [7, 11) is 0. The predicted octanol–water partition coefficient (Wildman–Crippen LogP) is 4.99. The fourth-order valence-corrected chi connectivity index (χ4v) is 3.67. The molecule has 25 heavy (non-hydrogen) atoms. The molecule has 0 saturated carbocycles. The molecule has 0 aromatic heterocycles. The highest BCUT2D eigenvalue weighted by atomic mass is 79.9. The van der Waals surface area contributed by atoms with Crippen LogP contribution in [0.2, 0.25) is 0 Å². The van der Waals surface area contributed by atoms with Crippen molar-refractivity contribution in [1.29, 1.82) is 0 Å². The van der Waals surface area contributed by atoms with Gasteiger partial charge in [0.15, 0.2) is 0 Å². The van der Waals surface area contributed by atoms with E-state index in [2.05, 4.69) is 44.7 Å². The topological polar surface area (TPSA) is 41.5 Å². The molecule has 0 atom stereocenters. The van der Waals surface area contributed by atoms with E-state index in [1.165, 1.54) is 5.56 Å². The van der Waals surface area contributed by atoms with Gasteiger partial charge in [-0.25, -0.2) is 5.43 Å².